The van der Waals surface area contributed by atoms with Crippen LogP contribution in [0.15, 0.2) is 0 Å². The van der Waals surface area contributed by atoms with Gasteiger partial charge in [0.2, 0.25) is 0 Å². The molecule has 6 heteroatoms. The molecule has 0 radical (unpaired) electrons. The van der Waals surface area contributed by atoms with Crippen molar-refractivity contribution >= 4 is 23.8 Å². The lowest BCUT2D eigenvalue weighted by molar-refractivity contribution is -0.146. The molecule has 0 aromatic heterocycles. The molecule has 0 saturated heterocycles. The highest BCUT2D eigenvalue weighted by molar-refractivity contribution is 7.98. The average molecular weight is 362 g/mol. The molecule has 0 heterocycles. The second-order valence-electron chi connectivity index (χ2n) is 5.97. The number of esters is 1. The van der Waals surface area contributed by atoms with Gasteiger partial charge in [-0.15, -0.1) is 0 Å². The van der Waals surface area contributed by atoms with Gasteiger partial charge in [-0.25, -0.2) is 9.59 Å². The fourth-order valence-corrected chi connectivity index (χ4v) is 2.84. The first-order valence-corrected chi connectivity index (χ1v) is 10.5. The third-order valence-corrected chi connectivity index (χ3v) is 4.51. The van der Waals surface area contributed by atoms with Crippen molar-refractivity contribution in [3.63, 3.8) is 0 Å². The number of carbonyl (C=O) groups excluding carboxylic acids is 2. The third-order valence-electron chi connectivity index (χ3n) is 3.86. The van der Waals surface area contributed by atoms with Crippen molar-refractivity contribution in [3.05, 3.63) is 0 Å². The number of nitrogens with one attached hydrogen (secondary N) is 1. The predicted octanol–water partition coefficient (Wildman–Crippen LogP) is 4.54. The van der Waals surface area contributed by atoms with Gasteiger partial charge in [0.05, 0.1) is 13.7 Å². The molecule has 0 aromatic rings. The fourth-order valence-electron chi connectivity index (χ4n) is 2.37. The fraction of sp³-hybridized carbons (Fsp3) is 0.889. The van der Waals surface area contributed by atoms with Crippen LogP contribution in [-0.4, -0.2) is 43.8 Å². The molecule has 0 aromatic carbocycles. The number of unbranched alkanes of at least 4 members (excludes halogenated alkanes) is 8. The first-order chi connectivity index (χ1) is 11.7. The van der Waals surface area contributed by atoms with Gasteiger partial charge in [0.15, 0.2) is 0 Å². The Bertz CT molecular complexity index is 326. The summed E-state index contributed by atoms with van der Waals surface area (Å²) in [5, 5.41) is 2.54. The Hall–Kier alpha value is -0.910. The molecule has 1 atom stereocenters. The second-order valence-corrected chi connectivity index (χ2v) is 6.95. The summed E-state index contributed by atoms with van der Waals surface area (Å²) in [4.78, 5) is 23.3. The number of hydrogen-bond donors (Lipinski definition) is 1. The van der Waals surface area contributed by atoms with Crippen molar-refractivity contribution in [3.8, 4) is 0 Å². The van der Waals surface area contributed by atoms with Crippen LogP contribution >= 0.6 is 11.8 Å². The number of rotatable bonds is 15. The number of alkyl carbamates (subject to hydrolysis) is 1. The summed E-state index contributed by atoms with van der Waals surface area (Å²) in [6.07, 6.45) is 12.9. The summed E-state index contributed by atoms with van der Waals surface area (Å²) in [6, 6.07) is -0.622. The minimum Gasteiger partial charge on any atom is -0.464 e. The van der Waals surface area contributed by atoms with Gasteiger partial charge in [-0.05, 0) is 24.9 Å². The topological polar surface area (TPSA) is 64.6 Å². The molecule has 0 aliphatic carbocycles. The van der Waals surface area contributed by atoms with Crippen molar-refractivity contribution in [1.29, 1.82) is 0 Å². The summed E-state index contributed by atoms with van der Waals surface area (Å²) in [6.45, 7) is 2.65. The van der Waals surface area contributed by atoms with Crippen molar-refractivity contribution in [2.45, 2.75) is 77.2 Å². The quantitative estimate of drug-likeness (QED) is 0.343. The van der Waals surface area contributed by atoms with Crippen LogP contribution in [0.3, 0.4) is 0 Å². The van der Waals surface area contributed by atoms with E-state index < -0.39 is 12.1 Å². The highest BCUT2D eigenvalue weighted by Gasteiger charge is 2.22. The van der Waals surface area contributed by atoms with E-state index in [1.165, 1.54) is 52.1 Å². The maximum atomic E-state index is 12.0. The van der Waals surface area contributed by atoms with Gasteiger partial charge in [0.1, 0.15) is 6.04 Å². The van der Waals surface area contributed by atoms with Crippen LogP contribution in [0.2, 0.25) is 0 Å². The molecule has 0 unspecified atom stereocenters. The van der Waals surface area contributed by atoms with Gasteiger partial charge in [-0.1, -0.05) is 58.3 Å². The standard InChI is InChI=1S/C18H35NO4S/c1-4-5-6-7-8-9-10-11-12-14-23-17(20)16(13-15-24-3)19-18(21)22-2/h16H,4-15H2,1-3H3,(H,19,21)/t16-/m0/s1. The minimum absolute atomic E-state index is 0.367. The Balaban J connectivity index is 3.73. The minimum atomic E-state index is -0.622. The van der Waals surface area contributed by atoms with Crippen LogP contribution in [0.1, 0.15) is 71.1 Å². The van der Waals surface area contributed by atoms with Gasteiger partial charge >= 0.3 is 12.1 Å². The first-order valence-electron chi connectivity index (χ1n) is 9.15. The smallest absolute Gasteiger partial charge is 0.407 e. The lowest BCUT2D eigenvalue weighted by atomic mass is 10.1. The first kappa shape index (κ1) is 23.1. The van der Waals surface area contributed by atoms with Gasteiger partial charge in [0.25, 0.3) is 0 Å². The molecular formula is C18H35NO4S. The van der Waals surface area contributed by atoms with Gasteiger partial charge in [0, 0.05) is 0 Å². The van der Waals surface area contributed by atoms with Crippen LogP contribution in [0.25, 0.3) is 0 Å². The van der Waals surface area contributed by atoms with Gasteiger partial charge in [-0.2, -0.15) is 11.8 Å². The molecular weight excluding hydrogens is 326 g/mol. The molecule has 0 saturated carbocycles. The van der Waals surface area contributed by atoms with Crippen LogP contribution in [0, 0.1) is 0 Å². The predicted molar refractivity (Wildman–Crippen MR) is 101 cm³/mol. The zero-order chi connectivity index (χ0) is 18.0. The summed E-state index contributed by atoms with van der Waals surface area (Å²) in [5.41, 5.74) is 0. The zero-order valence-corrected chi connectivity index (χ0v) is 16.4. The van der Waals surface area contributed by atoms with E-state index in [1.54, 1.807) is 11.8 Å². The molecule has 5 nitrogen and oxygen atoms in total. The number of thioether (sulfide) groups is 1. The van der Waals surface area contributed by atoms with Crippen LogP contribution in [-0.2, 0) is 14.3 Å². The van der Waals surface area contributed by atoms with Crippen LogP contribution in [0.5, 0.6) is 0 Å². The van der Waals surface area contributed by atoms with E-state index in [2.05, 4.69) is 17.0 Å². The summed E-state index contributed by atoms with van der Waals surface area (Å²) in [7, 11) is 1.29. The Kier molecular flexibility index (Phi) is 16.3. The summed E-state index contributed by atoms with van der Waals surface area (Å²) in [5.74, 6) is 0.413. The number of ether oxygens (including phenoxy) is 2. The molecule has 0 rings (SSSR count). The van der Waals surface area contributed by atoms with E-state index in [0.717, 1.165) is 18.6 Å². The lowest BCUT2D eigenvalue weighted by Gasteiger charge is -2.16. The third kappa shape index (κ3) is 13.5. The van der Waals surface area contributed by atoms with E-state index >= 15 is 0 Å². The van der Waals surface area contributed by atoms with Crippen molar-refractivity contribution in [1.82, 2.24) is 5.32 Å². The second kappa shape index (κ2) is 16.9. The number of hydrogen-bond acceptors (Lipinski definition) is 5. The van der Waals surface area contributed by atoms with Crippen LogP contribution in [0.4, 0.5) is 4.79 Å². The molecule has 1 N–H and O–H groups in total. The molecule has 0 bridgehead atoms. The van der Waals surface area contributed by atoms with Crippen molar-refractivity contribution in [2.24, 2.45) is 0 Å². The molecule has 1 amide bonds. The van der Waals surface area contributed by atoms with E-state index in [0.29, 0.717) is 13.0 Å². The molecule has 24 heavy (non-hydrogen) atoms. The van der Waals surface area contributed by atoms with E-state index in [1.807, 2.05) is 6.26 Å². The van der Waals surface area contributed by atoms with Crippen molar-refractivity contribution in [2.75, 3.05) is 25.7 Å². The molecule has 0 aliphatic rings. The highest BCUT2D eigenvalue weighted by Crippen LogP contribution is 2.10. The highest BCUT2D eigenvalue weighted by atomic mass is 32.2. The molecule has 142 valence electrons. The Morgan fingerprint density at radius 1 is 1.00 bits per heavy atom. The molecule has 0 fully saturated rings. The summed E-state index contributed by atoms with van der Waals surface area (Å²) < 4.78 is 9.84. The van der Waals surface area contributed by atoms with E-state index in [9.17, 15) is 9.59 Å². The van der Waals surface area contributed by atoms with Crippen LogP contribution < -0.4 is 5.32 Å². The monoisotopic (exact) mass is 361 g/mol. The number of methoxy groups -OCH3 is 1. The maximum absolute atomic E-state index is 12.0. The summed E-state index contributed by atoms with van der Waals surface area (Å²) >= 11 is 1.63. The maximum Gasteiger partial charge on any atom is 0.407 e. The number of carbonyl (C=O) groups is 2. The molecule has 0 spiro atoms. The Morgan fingerprint density at radius 3 is 2.12 bits per heavy atom. The largest absolute Gasteiger partial charge is 0.464 e. The normalized spacial score (nSPS) is 11.8. The average Bonchev–Trinajstić information content (AvgIpc) is 2.59. The van der Waals surface area contributed by atoms with E-state index in [-0.39, 0.29) is 5.97 Å². The molecule has 0 aliphatic heterocycles. The zero-order valence-electron chi connectivity index (χ0n) is 15.6. The van der Waals surface area contributed by atoms with Gasteiger partial charge < -0.3 is 14.8 Å². The SMILES string of the molecule is CCCCCCCCCCCOC(=O)[C@H](CCSC)NC(=O)OC. The number of amides is 1. The van der Waals surface area contributed by atoms with Gasteiger partial charge in [-0.3, -0.25) is 0 Å². The Morgan fingerprint density at radius 2 is 1.58 bits per heavy atom. The lowest BCUT2D eigenvalue weighted by Crippen LogP contribution is -2.42. The van der Waals surface area contributed by atoms with Crippen molar-refractivity contribution < 1.29 is 19.1 Å². The Labute approximate surface area is 151 Å². The van der Waals surface area contributed by atoms with E-state index in [4.69, 9.17) is 4.74 Å².